The second-order valence-corrected chi connectivity index (χ2v) is 5.86. The first-order valence-electron chi connectivity index (χ1n) is 8.68. The normalized spacial score (nSPS) is 10.8. The summed E-state index contributed by atoms with van der Waals surface area (Å²) in [7, 11) is 0. The summed E-state index contributed by atoms with van der Waals surface area (Å²) in [4.78, 5) is 15.6. The number of fused-ring (bicyclic) bond motifs is 1. The molecule has 5 nitrogen and oxygen atoms in total. The van der Waals surface area contributed by atoms with Crippen LogP contribution in [0.2, 0.25) is 0 Å². The number of amides is 2. The molecule has 0 atom stereocenters. The van der Waals surface area contributed by atoms with Gasteiger partial charge in [0, 0.05) is 36.2 Å². The van der Waals surface area contributed by atoms with Crippen LogP contribution in [0.15, 0.2) is 48.5 Å². The van der Waals surface area contributed by atoms with E-state index in [9.17, 15) is 9.18 Å². The van der Waals surface area contributed by atoms with E-state index in [1.54, 1.807) is 12.1 Å². The van der Waals surface area contributed by atoms with E-state index in [1.807, 2.05) is 31.2 Å². The molecule has 26 heavy (non-hydrogen) atoms. The quantitative estimate of drug-likeness (QED) is 0.546. The van der Waals surface area contributed by atoms with Gasteiger partial charge < -0.3 is 20.4 Å². The minimum Gasteiger partial charge on any atom is -0.382 e. The van der Waals surface area contributed by atoms with Gasteiger partial charge in [-0.1, -0.05) is 18.2 Å². The van der Waals surface area contributed by atoms with Crippen molar-refractivity contribution in [2.24, 2.45) is 0 Å². The minimum absolute atomic E-state index is 0.283. The molecule has 3 N–H and O–H groups in total. The monoisotopic (exact) mass is 355 g/mol. The number of hydrogen-bond donors (Lipinski definition) is 3. The molecule has 0 saturated carbocycles. The van der Waals surface area contributed by atoms with Crippen LogP contribution in [0.5, 0.6) is 0 Å². The highest BCUT2D eigenvalue weighted by atomic mass is 19.1. The van der Waals surface area contributed by atoms with Gasteiger partial charge >= 0.3 is 6.03 Å². The standard InChI is InChI=1S/C20H22FN3O2/c1-2-26-13-5-12-22-20(25)24-19-16-6-3-4-7-17(16)23-18(19)14-8-10-15(21)11-9-14/h3-4,6-11,23H,2,5,12-13H2,1H3,(H2,22,24,25). The number of carbonyl (C=O) groups excluding carboxylic acids is 1. The second kappa shape index (κ2) is 8.49. The molecule has 0 aliphatic carbocycles. The van der Waals surface area contributed by atoms with Crippen LogP contribution in [0, 0.1) is 5.82 Å². The molecule has 1 aromatic heterocycles. The van der Waals surface area contributed by atoms with E-state index in [-0.39, 0.29) is 11.8 Å². The first-order chi connectivity index (χ1) is 12.7. The van der Waals surface area contributed by atoms with Gasteiger partial charge in [0.1, 0.15) is 5.82 Å². The Morgan fingerprint density at radius 2 is 1.92 bits per heavy atom. The average molecular weight is 355 g/mol. The molecule has 2 aromatic carbocycles. The van der Waals surface area contributed by atoms with Gasteiger partial charge in [0.15, 0.2) is 0 Å². The largest absolute Gasteiger partial charge is 0.382 e. The SMILES string of the molecule is CCOCCCNC(=O)Nc1c(-c2ccc(F)cc2)[nH]c2ccccc12. The van der Waals surface area contributed by atoms with Crippen LogP contribution in [0.1, 0.15) is 13.3 Å². The summed E-state index contributed by atoms with van der Waals surface area (Å²) in [5.74, 6) is -0.300. The highest BCUT2D eigenvalue weighted by Crippen LogP contribution is 2.34. The molecular formula is C20H22FN3O2. The number of rotatable bonds is 7. The summed E-state index contributed by atoms with van der Waals surface area (Å²) in [6.45, 7) is 3.75. The lowest BCUT2D eigenvalue weighted by atomic mass is 10.1. The lowest BCUT2D eigenvalue weighted by molar-refractivity contribution is 0.145. The number of benzene rings is 2. The van der Waals surface area contributed by atoms with Crippen LogP contribution in [0.3, 0.4) is 0 Å². The maximum Gasteiger partial charge on any atom is 0.319 e. The zero-order chi connectivity index (χ0) is 18.4. The first kappa shape index (κ1) is 17.9. The minimum atomic E-state index is -0.300. The molecule has 6 heteroatoms. The van der Waals surface area contributed by atoms with E-state index in [0.29, 0.717) is 25.4 Å². The predicted octanol–water partition coefficient (Wildman–Crippen LogP) is 4.52. The van der Waals surface area contributed by atoms with Crippen LogP contribution in [0.4, 0.5) is 14.9 Å². The van der Waals surface area contributed by atoms with Crippen molar-refractivity contribution in [1.82, 2.24) is 10.3 Å². The second-order valence-electron chi connectivity index (χ2n) is 5.86. The summed E-state index contributed by atoms with van der Waals surface area (Å²) >= 11 is 0. The van der Waals surface area contributed by atoms with Crippen molar-refractivity contribution >= 4 is 22.6 Å². The van der Waals surface area contributed by atoms with E-state index >= 15 is 0 Å². The van der Waals surface area contributed by atoms with Crippen molar-refractivity contribution in [3.63, 3.8) is 0 Å². The van der Waals surface area contributed by atoms with Crippen LogP contribution < -0.4 is 10.6 Å². The number of ether oxygens (including phenoxy) is 1. The molecule has 2 amide bonds. The lowest BCUT2D eigenvalue weighted by Crippen LogP contribution is -2.30. The molecule has 0 unspecified atom stereocenters. The van der Waals surface area contributed by atoms with E-state index in [2.05, 4.69) is 15.6 Å². The van der Waals surface area contributed by atoms with E-state index in [1.165, 1.54) is 12.1 Å². The number of carbonyl (C=O) groups is 1. The fourth-order valence-electron chi connectivity index (χ4n) is 2.78. The van der Waals surface area contributed by atoms with Crippen molar-refractivity contribution in [1.29, 1.82) is 0 Å². The molecule has 3 aromatic rings. The van der Waals surface area contributed by atoms with Gasteiger partial charge in [-0.2, -0.15) is 0 Å². The number of H-pyrrole nitrogens is 1. The molecule has 3 rings (SSSR count). The Bertz CT molecular complexity index is 874. The van der Waals surface area contributed by atoms with E-state index in [4.69, 9.17) is 4.74 Å². The molecule has 0 aliphatic heterocycles. The Kier molecular flexibility index (Phi) is 5.86. The number of urea groups is 1. The Hall–Kier alpha value is -2.86. The van der Waals surface area contributed by atoms with Crippen molar-refractivity contribution in [3.8, 4) is 11.3 Å². The molecule has 0 saturated heterocycles. The van der Waals surface area contributed by atoms with Gasteiger partial charge in [0.05, 0.1) is 11.4 Å². The van der Waals surface area contributed by atoms with Gasteiger partial charge in [-0.3, -0.25) is 0 Å². The summed E-state index contributed by atoms with van der Waals surface area (Å²) in [5.41, 5.74) is 3.12. The van der Waals surface area contributed by atoms with Crippen LogP contribution >= 0.6 is 0 Å². The van der Waals surface area contributed by atoms with Crippen molar-refractivity contribution < 1.29 is 13.9 Å². The van der Waals surface area contributed by atoms with E-state index < -0.39 is 0 Å². The molecule has 1 heterocycles. The third kappa shape index (κ3) is 4.21. The van der Waals surface area contributed by atoms with Gasteiger partial charge in [-0.15, -0.1) is 0 Å². The maximum absolute atomic E-state index is 13.2. The molecule has 0 radical (unpaired) electrons. The van der Waals surface area contributed by atoms with Crippen LogP contribution in [0.25, 0.3) is 22.2 Å². The fraction of sp³-hybridized carbons (Fsp3) is 0.250. The van der Waals surface area contributed by atoms with Crippen molar-refractivity contribution in [2.75, 3.05) is 25.1 Å². The molecule has 136 valence electrons. The maximum atomic E-state index is 13.2. The summed E-state index contributed by atoms with van der Waals surface area (Å²) in [6.07, 6.45) is 0.750. The number of nitrogens with one attached hydrogen (secondary N) is 3. The highest BCUT2D eigenvalue weighted by Gasteiger charge is 2.15. The Morgan fingerprint density at radius 3 is 2.69 bits per heavy atom. The lowest BCUT2D eigenvalue weighted by Gasteiger charge is -2.09. The number of aromatic amines is 1. The topological polar surface area (TPSA) is 66.2 Å². The van der Waals surface area contributed by atoms with Crippen molar-refractivity contribution in [3.05, 3.63) is 54.3 Å². The number of hydrogen-bond acceptors (Lipinski definition) is 2. The number of aromatic nitrogens is 1. The van der Waals surface area contributed by atoms with Crippen molar-refractivity contribution in [2.45, 2.75) is 13.3 Å². The molecule has 0 bridgehead atoms. The number of para-hydroxylation sites is 1. The molecule has 0 aliphatic rings. The van der Waals surface area contributed by atoms with Gasteiger partial charge in [-0.05, 0) is 43.7 Å². The van der Waals surface area contributed by atoms with Crippen LogP contribution in [-0.2, 0) is 4.74 Å². The number of anilines is 1. The van der Waals surface area contributed by atoms with Gasteiger partial charge in [0.25, 0.3) is 0 Å². The molecular weight excluding hydrogens is 333 g/mol. The van der Waals surface area contributed by atoms with E-state index in [0.717, 1.165) is 28.6 Å². The first-order valence-corrected chi connectivity index (χ1v) is 8.68. The molecule has 0 fully saturated rings. The summed E-state index contributed by atoms with van der Waals surface area (Å²) < 4.78 is 18.5. The zero-order valence-electron chi connectivity index (χ0n) is 14.6. The smallest absolute Gasteiger partial charge is 0.319 e. The summed E-state index contributed by atoms with van der Waals surface area (Å²) in [5, 5.41) is 6.65. The third-order valence-corrected chi connectivity index (χ3v) is 4.03. The van der Waals surface area contributed by atoms with Crippen LogP contribution in [-0.4, -0.2) is 30.8 Å². The Balaban J connectivity index is 1.81. The Labute approximate surface area is 151 Å². The number of halogens is 1. The average Bonchev–Trinajstić information content (AvgIpc) is 3.01. The zero-order valence-corrected chi connectivity index (χ0v) is 14.6. The van der Waals surface area contributed by atoms with Gasteiger partial charge in [0.2, 0.25) is 0 Å². The van der Waals surface area contributed by atoms with Gasteiger partial charge in [-0.25, -0.2) is 9.18 Å². The third-order valence-electron chi connectivity index (χ3n) is 4.03. The molecule has 0 spiro atoms. The summed E-state index contributed by atoms with van der Waals surface area (Å²) in [6, 6.07) is 13.6. The highest BCUT2D eigenvalue weighted by molar-refractivity contribution is 6.07. The fourth-order valence-corrected chi connectivity index (χ4v) is 2.78. The Morgan fingerprint density at radius 1 is 1.15 bits per heavy atom. The predicted molar refractivity (Wildman–Crippen MR) is 102 cm³/mol.